The number of nitrogens with zero attached hydrogens (tertiary/aromatic N) is 1. The van der Waals surface area contributed by atoms with Gasteiger partial charge in [0.05, 0.1) is 5.69 Å². The van der Waals surface area contributed by atoms with E-state index in [4.69, 9.17) is 4.74 Å². The van der Waals surface area contributed by atoms with Crippen molar-refractivity contribution in [2.45, 2.75) is 20.4 Å². The number of phenols is 1. The zero-order valence-corrected chi connectivity index (χ0v) is 14.4. The number of esters is 1. The maximum absolute atomic E-state index is 12.1. The minimum absolute atomic E-state index is 0.0881. The van der Waals surface area contributed by atoms with Crippen molar-refractivity contribution in [3.05, 3.63) is 44.5 Å². The molecule has 0 fully saturated rings. The van der Waals surface area contributed by atoms with E-state index in [-0.39, 0.29) is 28.4 Å². The lowest BCUT2D eigenvalue weighted by molar-refractivity contribution is -0.143. The number of rotatable bonds is 6. The van der Waals surface area contributed by atoms with Gasteiger partial charge in [-0.05, 0) is 25.1 Å². The summed E-state index contributed by atoms with van der Waals surface area (Å²) >= 11 is 0.977. The Morgan fingerprint density at radius 2 is 2.04 bits per heavy atom. The third-order valence-electron chi connectivity index (χ3n) is 3.26. The van der Waals surface area contributed by atoms with E-state index in [0.29, 0.717) is 5.69 Å². The lowest BCUT2D eigenvalue weighted by Crippen LogP contribution is -2.24. The van der Waals surface area contributed by atoms with Crippen LogP contribution >= 0.6 is 11.3 Å². The number of Topliss-reactive ketones (excluding diaryl/α,β-unsaturated/α-hetero) is 1. The monoisotopic (exact) mass is 364 g/mol. The van der Waals surface area contributed by atoms with Crippen molar-refractivity contribution >= 4 is 34.7 Å². The summed E-state index contributed by atoms with van der Waals surface area (Å²) in [5.74, 6) is -1.80. The fourth-order valence-corrected chi connectivity index (χ4v) is 2.73. The summed E-state index contributed by atoms with van der Waals surface area (Å²) in [5.41, 5.74) is 0.889. The van der Waals surface area contributed by atoms with Gasteiger partial charge in [-0.15, -0.1) is 0 Å². The average Bonchev–Trinajstić information content (AvgIpc) is 2.86. The number of ether oxygens (including phenoxy) is 1. The fourth-order valence-electron chi connectivity index (χ4n) is 2.00. The summed E-state index contributed by atoms with van der Waals surface area (Å²) in [6.45, 7) is 2.18. The zero-order chi connectivity index (χ0) is 18.6. The zero-order valence-electron chi connectivity index (χ0n) is 13.6. The molecule has 8 nitrogen and oxygen atoms in total. The highest BCUT2D eigenvalue weighted by atomic mass is 32.1. The van der Waals surface area contributed by atoms with Gasteiger partial charge >= 0.3 is 10.8 Å². The Hall–Kier alpha value is -2.94. The van der Waals surface area contributed by atoms with E-state index >= 15 is 0 Å². The number of aromatic hydroxyl groups is 1. The van der Waals surface area contributed by atoms with Crippen molar-refractivity contribution < 1.29 is 24.2 Å². The van der Waals surface area contributed by atoms with Crippen molar-refractivity contribution in [2.75, 3.05) is 11.9 Å². The number of aromatic nitrogens is 1. The molecule has 9 heteroatoms. The summed E-state index contributed by atoms with van der Waals surface area (Å²) in [7, 11) is 0. The van der Waals surface area contributed by atoms with Gasteiger partial charge in [0.1, 0.15) is 12.3 Å². The minimum Gasteiger partial charge on any atom is -0.506 e. The van der Waals surface area contributed by atoms with Crippen LogP contribution in [0, 0.1) is 6.92 Å². The second-order valence-electron chi connectivity index (χ2n) is 5.23. The SMILES string of the molecule is CC(=O)Nc1cc(C(=O)COC(=O)Cn2c(C)csc2=O)ccc1O. The van der Waals surface area contributed by atoms with Gasteiger partial charge in [-0.3, -0.25) is 23.7 Å². The number of amides is 1. The summed E-state index contributed by atoms with van der Waals surface area (Å²) < 4.78 is 6.16. The van der Waals surface area contributed by atoms with E-state index in [9.17, 15) is 24.3 Å². The van der Waals surface area contributed by atoms with Gasteiger partial charge in [0, 0.05) is 23.6 Å². The molecule has 0 aliphatic carbocycles. The number of carbonyl (C=O) groups is 3. The summed E-state index contributed by atoms with van der Waals surface area (Å²) in [4.78, 5) is 46.2. The van der Waals surface area contributed by atoms with Crippen molar-refractivity contribution in [2.24, 2.45) is 0 Å². The number of anilines is 1. The first-order valence-corrected chi connectivity index (χ1v) is 8.10. The van der Waals surface area contributed by atoms with Gasteiger partial charge in [-0.25, -0.2) is 0 Å². The van der Waals surface area contributed by atoms with Crippen molar-refractivity contribution in [3.8, 4) is 5.75 Å². The Balaban J connectivity index is 1.99. The molecule has 2 rings (SSSR count). The number of phenolic OH excluding ortho intramolecular Hbond substituents is 1. The average molecular weight is 364 g/mol. The first kappa shape index (κ1) is 18.4. The first-order valence-electron chi connectivity index (χ1n) is 7.22. The molecule has 0 saturated carbocycles. The van der Waals surface area contributed by atoms with Crippen LogP contribution in [0.2, 0.25) is 0 Å². The predicted molar refractivity (Wildman–Crippen MR) is 91.0 cm³/mol. The van der Waals surface area contributed by atoms with Crippen LogP contribution < -0.4 is 10.2 Å². The lowest BCUT2D eigenvalue weighted by Gasteiger charge is -2.09. The highest BCUT2D eigenvalue weighted by Gasteiger charge is 2.14. The van der Waals surface area contributed by atoms with E-state index in [1.165, 1.54) is 29.7 Å². The number of nitrogens with one attached hydrogen (secondary N) is 1. The molecule has 25 heavy (non-hydrogen) atoms. The van der Waals surface area contributed by atoms with Crippen LogP contribution in [0.1, 0.15) is 23.0 Å². The largest absolute Gasteiger partial charge is 0.506 e. The maximum Gasteiger partial charge on any atom is 0.326 e. The predicted octanol–water partition coefficient (Wildman–Crippen LogP) is 1.31. The van der Waals surface area contributed by atoms with Gasteiger partial charge < -0.3 is 15.2 Å². The summed E-state index contributed by atoms with van der Waals surface area (Å²) in [6.07, 6.45) is 0. The van der Waals surface area contributed by atoms with Gasteiger partial charge in [0.25, 0.3) is 0 Å². The Kier molecular flexibility index (Phi) is 5.71. The van der Waals surface area contributed by atoms with Crippen LogP contribution in [0.15, 0.2) is 28.4 Å². The maximum atomic E-state index is 12.1. The summed E-state index contributed by atoms with van der Waals surface area (Å²) in [6, 6.07) is 3.90. The molecule has 0 bridgehead atoms. The minimum atomic E-state index is -0.710. The molecule has 0 aliphatic heterocycles. The topological polar surface area (TPSA) is 115 Å². The normalized spacial score (nSPS) is 10.3. The third-order valence-corrected chi connectivity index (χ3v) is 4.14. The molecule has 0 saturated heterocycles. The van der Waals surface area contributed by atoms with Crippen LogP contribution in [-0.4, -0.2) is 33.9 Å². The number of carbonyl (C=O) groups excluding carboxylic acids is 3. The van der Waals surface area contributed by atoms with Crippen LogP contribution in [0.25, 0.3) is 0 Å². The van der Waals surface area contributed by atoms with Crippen LogP contribution in [0.3, 0.4) is 0 Å². The number of benzene rings is 1. The molecule has 0 spiro atoms. The Bertz CT molecular complexity index is 883. The quantitative estimate of drug-likeness (QED) is 0.454. The second-order valence-corrected chi connectivity index (χ2v) is 6.05. The molecule has 1 aromatic carbocycles. The van der Waals surface area contributed by atoms with Crippen molar-refractivity contribution in [3.63, 3.8) is 0 Å². The molecule has 2 N–H and O–H groups in total. The molecule has 0 radical (unpaired) electrons. The molecular formula is C16H16N2O6S. The molecule has 1 heterocycles. The van der Waals surface area contributed by atoms with E-state index in [2.05, 4.69) is 5.32 Å². The molecule has 132 valence electrons. The third kappa shape index (κ3) is 4.77. The molecule has 0 unspecified atom stereocenters. The number of hydrogen-bond donors (Lipinski definition) is 2. The number of ketones is 1. The van der Waals surface area contributed by atoms with Crippen LogP contribution in [-0.2, 0) is 20.9 Å². The Labute approximate surface area is 146 Å². The van der Waals surface area contributed by atoms with Gasteiger partial charge in [-0.2, -0.15) is 0 Å². The number of thiazole rings is 1. The molecule has 0 aliphatic rings. The number of hydrogen-bond acceptors (Lipinski definition) is 7. The van der Waals surface area contributed by atoms with Crippen LogP contribution in [0.5, 0.6) is 5.75 Å². The van der Waals surface area contributed by atoms with Gasteiger partial charge in [0.2, 0.25) is 5.91 Å². The highest BCUT2D eigenvalue weighted by molar-refractivity contribution is 7.07. The van der Waals surface area contributed by atoms with Gasteiger partial charge in [0.15, 0.2) is 12.4 Å². The Morgan fingerprint density at radius 3 is 2.64 bits per heavy atom. The van der Waals surface area contributed by atoms with E-state index in [1.54, 1.807) is 12.3 Å². The first-order chi connectivity index (χ1) is 11.8. The standard InChI is InChI=1S/C16H16N2O6S/c1-9-8-25-16(23)18(9)6-15(22)24-7-14(21)11-3-4-13(20)12(5-11)17-10(2)19/h3-5,8,20H,6-7H2,1-2H3,(H,17,19). The molecule has 0 atom stereocenters. The lowest BCUT2D eigenvalue weighted by atomic mass is 10.1. The van der Waals surface area contributed by atoms with Gasteiger partial charge in [-0.1, -0.05) is 11.3 Å². The molecule has 1 aromatic heterocycles. The van der Waals surface area contributed by atoms with E-state index in [1.807, 2.05) is 0 Å². The van der Waals surface area contributed by atoms with E-state index < -0.39 is 24.3 Å². The summed E-state index contributed by atoms with van der Waals surface area (Å²) in [5, 5.41) is 13.7. The van der Waals surface area contributed by atoms with Crippen molar-refractivity contribution in [1.82, 2.24) is 4.57 Å². The fraction of sp³-hybridized carbons (Fsp3) is 0.250. The molecular weight excluding hydrogens is 348 g/mol. The highest BCUT2D eigenvalue weighted by Crippen LogP contribution is 2.24. The van der Waals surface area contributed by atoms with E-state index in [0.717, 1.165) is 11.3 Å². The van der Waals surface area contributed by atoms with Crippen LogP contribution in [0.4, 0.5) is 5.69 Å². The number of aryl methyl sites for hydroxylation is 1. The Morgan fingerprint density at radius 1 is 1.32 bits per heavy atom. The second kappa shape index (κ2) is 7.75. The molecule has 2 aromatic rings. The van der Waals surface area contributed by atoms with Crippen molar-refractivity contribution in [1.29, 1.82) is 0 Å². The molecule has 1 amide bonds. The smallest absolute Gasteiger partial charge is 0.326 e.